The van der Waals surface area contributed by atoms with Crippen molar-refractivity contribution in [3.63, 3.8) is 0 Å². The molecule has 0 aliphatic carbocycles. The van der Waals surface area contributed by atoms with E-state index in [0.717, 1.165) is 24.1 Å². The van der Waals surface area contributed by atoms with E-state index in [1.807, 2.05) is 18.2 Å². The zero-order valence-electron chi connectivity index (χ0n) is 12.3. The highest BCUT2D eigenvalue weighted by atomic mass is 32.2. The van der Waals surface area contributed by atoms with Gasteiger partial charge in [-0.1, -0.05) is 18.2 Å². The van der Waals surface area contributed by atoms with E-state index in [1.54, 1.807) is 35.2 Å². The Kier molecular flexibility index (Phi) is 3.74. The maximum absolute atomic E-state index is 12.7. The van der Waals surface area contributed by atoms with Crippen molar-refractivity contribution in [2.45, 2.75) is 17.7 Å². The maximum Gasteiger partial charge on any atom is 0.258 e. The standard InChI is InChI=1S/C17H17NO3S/c1-22(20,21)15-9-10-16-14(12-15)8-5-11-18(16)17(19)13-6-3-2-4-7-13/h2-4,6-7,9-10,12H,5,8,11H2,1H3. The van der Waals surface area contributed by atoms with Crippen LogP contribution in [0.3, 0.4) is 0 Å². The second kappa shape index (κ2) is 5.57. The van der Waals surface area contributed by atoms with E-state index < -0.39 is 9.84 Å². The zero-order chi connectivity index (χ0) is 15.7. The highest BCUT2D eigenvalue weighted by molar-refractivity contribution is 7.90. The Morgan fingerprint density at radius 2 is 1.82 bits per heavy atom. The first kappa shape index (κ1) is 14.8. The SMILES string of the molecule is CS(=O)(=O)c1ccc2c(c1)CCCN2C(=O)c1ccccc1. The predicted molar refractivity (Wildman–Crippen MR) is 86.0 cm³/mol. The smallest absolute Gasteiger partial charge is 0.258 e. The Morgan fingerprint density at radius 1 is 1.09 bits per heavy atom. The van der Waals surface area contributed by atoms with Crippen LogP contribution in [0.15, 0.2) is 53.4 Å². The third-order valence-electron chi connectivity index (χ3n) is 3.86. The number of anilines is 1. The number of hydrogen-bond acceptors (Lipinski definition) is 3. The number of rotatable bonds is 2. The number of nitrogens with zero attached hydrogens (tertiary/aromatic N) is 1. The molecule has 4 nitrogen and oxygen atoms in total. The Bertz CT molecular complexity index is 813. The highest BCUT2D eigenvalue weighted by Crippen LogP contribution is 2.30. The summed E-state index contributed by atoms with van der Waals surface area (Å²) in [5.74, 6) is -0.0475. The van der Waals surface area contributed by atoms with Gasteiger partial charge in [0.2, 0.25) is 0 Å². The zero-order valence-corrected chi connectivity index (χ0v) is 13.1. The number of carbonyl (C=O) groups excluding carboxylic acids is 1. The lowest BCUT2D eigenvalue weighted by Crippen LogP contribution is -2.35. The van der Waals surface area contributed by atoms with Gasteiger partial charge in [-0.15, -0.1) is 0 Å². The van der Waals surface area contributed by atoms with Crippen LogP contribution >= 0.6 is 0 Å². The Hall–Kier alpha value is -2.14. The fourth-order valence-corrected chi connectivity index (χ4v) is 3.42. The molecule has 1 aliphatic heterocycles. The summed E-state index contributed by atoms with van der Waals surface area (Å²) in [5.41, 5.74) is 2.37. The highest BCUT2D eigenvalue weighted by Gasteiger charge is 2.24. The van der Waals surface area contributed by atoms with Crippen LogP contribution in [0.1, 0.15) is 22.3 Å². The Labute approximate surface area is 130 Å². The van der Waals surface area contributed by atoms with Gasteiger partial charge in [0.15, 0.2) is 9.84 Å². The number of aryl methyl sites for hydroxylation is 1. The van der Waals surface area contributed by atoms with Crippen LogP contribution < -0.4 is 4.90 Å². The Balaban J connectivity index is 2.00. The monoisotopic (exact) mass is 315 g/mol. The van der Waals surface area contributed by atoms with Crippen LogP contribution in [0.4, 0.5) is 5.69 Å². The van der Waals surface area contributed by atoms with Gasteiger partial charge in [0.05, 0.1) is 4.90 Å². The molecular weight excluding hydrogens is 298 g/mol. The van der Waals surface area contributed by atoms with Crippen molar-refractivity contribution in [2.24, 2.45) is 0 Å². The van der Waals surface area contributed by atoms with Crippen molar-refractivity contribution in [3.8, 4) is 0 Å². The van der Waals surface area contributed by atoms with Gasteiger partial charge >= 0.3 is 0 Å². The second-order valence-electron chi connectivity index (χ2n) is 5.49. The quantitative estimate of drug-likeness (QED) is 0.856. The van der Waals surface area contributed by atoms with Gasteiger partial charge in [0.1, 0.15) is 0 Å². The fourth-order valence-electron chi connectivity index (χ4n) is 2.75. The molecule has 3 rings (SSSR count). The first-order valence-corrected chi connectivity index (χ1v) is 9.06. The third kappa shape index (κ3) is 2.76. The molecule has 0 unspecified atom stereocenters. The summed E-state index contributed by atoms with van der Waals surface area (Å²) in [5, 5.41) is 0. The van der Waals surface area contributed by atoms with Crippen molar-refractivity contribution >= 4 is 21.4 Å². The average molecular weight is 315 g/mol. The topological polar surface area (TPSA) is 54.5 Å². The van der Waals surface area contributed by atoms with Crippen molar-refractivity contribution in [1.29, 1.82) is 0 Å². The van der Waals surface area contributed by atoms with Crippen LogP contribution in [0.25, 0.3) is 0 Å². The average Bonchev–Trinajstić information content (AvgIpc) is 2.53. The van der Waals surface area contributed by atoms with E-state index in [4.69, 9.17) is 0 Å². The van der Waals surface area contributed by atoms with Crippen molar-refractivity contribution in [2.75, 3.05) is 17.7 Å². The van der Waals surface area contributed by atoms with Gasteiger partial charge in [-0.3, -0.25) is 4.79 Å². The molecule has 0 saturated carbocycles. The number of fused-ring (bicyclic) bond motifs is 1. The molecule has 1 aliphatic rings. The lowest BCUT2D eigenvalue weighted by atomic mass is 10.0. The largest absolute Gasteiger partial charge is 0.308 e. The van der Waals surface area contributed by atoms with E-state index >= 15 is 0 Å². The van der Waals surface area contributed by atoms with Crippen molar-refractivity contribution < 1.29 is 13.2 Å². The normalized spacial score (nSPS) is 14.5. The van der Waals surface area contributed by atoms with Gasteiger partial charge < -0.3 is 4.90 Å². The fraction of sp³-hybridized carbons (Fsp3) is 0.235. The minimum Gasteiger partial charge on any atom is -0.308 e. The molecular formula is C17H17NO3S. The van der Waals surface area contributed by atoms with Crippen LogP contribution in [-0.2, 0) is 16.3 Å². The minimum absolute atomic E-state index is 0.0475. The summed E-state index contributed by atoms with van der Waals surface area (Å²) < 4.78 is 23.4. The molecule has 2 aromatic rings. The minimum atomic E-state index is -3.23. The summed E-state index contributed by atoms with van der Waals surface area (Å²) >= 11 is 0. The molecule has 5 heteroatoms. The summed E-state index contributed by atoms with van der Waals surface area (Å²) in [6.45, 7) is 0.652. The molecule has 22 heavy (non-hydrogen) atoms. The van der Waals surface area contributed by atoms with Crippen LogP contribution in [0.5, 0.6) is 0 Å². The predicted octanol–water partition coefficient (Wildman–Crippen LogP) is 2.68. The number of amides is 1. The summed E-state index contributed by atoms with van der Waals surface area (Å²) in [4.78, 5) is 14.7. The van der Waals surface area contributed by atoms with E-state index in [-0.39, 0.29) is 5.91 Å². The van der Waals surface area contributed by atoms with Gasteiger partial charge in [0, 0.05) is 24.1 Å². The summed E-state index contributed by atoms with van der Waals surface area (Å²) in [7, 11) is -3.23. The molecule has 0 bridgehead atoms. The molecule has 2 aromatic carbocycles. The van der Waals surface area contributed by atoms with E-state index in [2.05, 4.69) is 0 Å². The van der Waals surface area contributed by atoms with Gasteiger partial charge in [0.25, 0.3) is 5.91 Å². The number of carbonyl (C=O) groups is 1. The summed E-state index contributed by atoms with van der Waals surface area (Å²) in [6, 6.07) is 14.1. The van der Waals surface area contributed by atoms with Crippen molar-refractivity contribution in [3.05, 3.63) is 59.7 Å². The van der Waals surface area contributed by atoms with Crippen LogP contribution in [-0.4, -0.2) is 27.1 Å². The molecule has 0 fully saturated rings. The van der Waals surface area contributed by atoms with E-state index in [0.29, 0.717) is 17.0 Å². The molecule has 0 saturated heterocycles. The molecule has 0 N–H and O–H groups in total. The lowest BCUT2D eigenvalue weighted by molar-refractivity contribution is 0.0985. The molecule has 0 aromatic heterocycles. The van der Waals surface area contributed by atoms with E-state index in [9.17, 15) is 13.2 Å². The van der Waals surface area contributed by atoms with Crippen molar-refractivity contribution in [1.82, 2.24) is 0 Å². The number of sulfone groups is 1. The van der Waals surface area contributed by atoms with Crippen LogP contribution in [0.2, 0.25) is 0 Å². The molecule has 0 radical (unpaired) electrons. The Morgan fingerprint density at radius 3 is 2.50 bits per heavy atom. The van der Waals surface area contributed by atoms with Crippen LogP contribution in [0, 0.1) is 0 Å². The molecule has 0 atom stereocenters. The summed E-state index contributed by atoms with van der Waals surface area (Å²) in [6.07, 6.45) is 2.82. The third-order valence-corrected chi connectivity index (χ3v) is 4.97. The van der Waals surface area contributed by atoms with E-state index in [1.165, 1.54) is 6.26 Å². The van der Waals surface area contributed by atoms with Gasteiger partial charge in [-0.2, -0.15) is 0 Å². The second-order valence-corrected chi connectivity index (χ2v) is 7.50. The molecule has 1 heterocycles. The van der Waals surface area contributed by atoms with Gasteiger partial charge in [-0.05, 0) is 48.7 Å². The van der Waals surface area contributed by atoms with Gasteiger partial charge in [-0.25, -0.2) is 8.42 Å². The lowest BCUT2D eigenvalue weighted by Gasteiger charge is -2.30. The molecule has 0 spiro atoms. The number of hydrogen-bond donors (Lipinski definition) is 0. The molecule has 114 valence electrons. The maximum atomic E-state index is 12.7. The number of benzene rings is 2. The first-order chi connectivity index (χ1) is 10.5. The first-order valence-electron chi connectivity index (χ1n) is 7.17. The molecule has 1 amide bonds.